The molecule has 2 unspecified atom stereocenters. The van der Waals surface area contributed by atoms with Gasteiger partial charge >= 0.3 is 8.17 Å². The molecule has 1 saturated heterocycles. The fourth-order valence-corrected chi connectivity index (χ4v) is 2.97. The van der Waals surface area contributed by atoms with Crippen LogP contribution in [0.3, 0.4) is 0 Å². The fourth-order valence-electron chi connectivity index (χ4n) is 0.928. The third kappa shape index (κ3) is 2.98. The number of rotatable bonds is 4. The highest BCUT2D eigenvalue weighted by Gasteiger charge is 2.53. The molecule has 1 rings (SSSR count). The van der Waals surface area contributed by atoms with Crippen molar-refractivity contribution in [2.45, 2.75) is 6.10 Å². The molecule has 14 heavy (non-hydrogen) atoms. The van der Waals surface area contributed by atoms with E-state index in [-0.39, 0.29) is 12.4 Å². The van der Waals surface area contributed by atoms with Crippen LogP contribution >= 0.6 is 8.17 Å². The van der Waals surface area contributed by atoms with E-state index in [4.69, 9.17) is 9.05 Å². The van der Waals surface area contributed by atoms with Crippen LogP contribution in [-0.4, -0.2) is 38.9 Å². The molecule has 0 aromatic carbocycles. The fraction of sp³-hybridized carbons (Fsp3) is 0.667. The van der Waals surface area contributed by atoms with Gasteiger partial charge in [0.1, 0.15) is 6.61 Å². The molecule has 0 aromatic heterocycles. The zero-order valence-electron chi connectivity index (χ0n) is 7.62. The average Bonchev–Trinajstić information content (AvgIpc) is 2.48. The molecule has 1 N–H and O–H groups in total. The number of hydrogen-bond donors (Lipinski definition) is 1. The Hall–Kier alpha value is -0.0400. The zero-order valence-corrected chi connectivity index (χ0v) is 9.33. The highest BCUT2D eigenvalue weighted by atomic mass is 32.2. The van der Waals surface area contributed by atoms with E-state index in [1.54, 1.807) is 0 Å². The van der Waals surface area contributed by atoms with E-state index in [1.165, 1.54) is 7.11 Å². The molecule has 1 aliphatic heterocycles. The molecule has 0 saturated carbocycles. The molecule has 6 nitrogen and oxygen atoms in total. The molecule has 0 spiro atoms. The van der Waals surface area contributed by atoms with Crippen LogP contribution in [0.4, 0.5) is 0 Å². The molecule has 0 radical (unpaired) electrons. The van der Waals surface area contributed by atoms with Crippen LogP contribution in [0.5, 0.6) is 0 Å². The van der Waals surface area contributed by atoms with Crippen LogP contribution in [0.25, 0.3) is 0 Å². The second kappa shape index (κ2) is 4.22. The summed E-state index contributed by atoms with van der Waals surface area (Å²) in [5.41, 5.74) is 0. The van der Waals surface area contributed by atoms with Gasteiger partial charge in [-0.15, -0.1) is 4.52 Å². The number of hydrogen-bond acceptors (Lipinski definition) is 6. The van der Waals surface area contributed by atoms with E-state index in [1.807, 2.05) is 0 Å². The largest absolute Gasteiger partial charge is 0.572 e. The summed E-state index contributed by atoms with van der Waals surface area (Å²) in [6.45, 7) is 3.17. The Bertz CT molecular complexity index is 314. The Morgan fingerprint density at radius 3 is 2.86 bits per heavy atom. The smallest absolute Gasteiger partial charge is 0.224 e. The summed E-state index contributed by atoms with van der Waals surface area (Å²) in [6.07, 6.45) is -0.698. The topological polar surface area (TPSA) is 82.1 Å². The molecule has 2 atom stereocenters. The molecule has 82 valence electrons. The minimum Gasteiger partial charge on any atom is -0.224 e. The van der Waals surface area contributed by atoms with Crippen LogP contribution < -0.4 is 0 Å². The molecule has 1 heterocycles. The van der Waals surface area contributed by atoms with Crippen LogP contribution in [0.1, 0.15) is 0 Å². The average molecular weight is 243 g/mol. The van der Waals surface area contributed by atoms with Crippen LogP contribution in [0, 0.1) is 0 Å². The van der Waals surface area contributed by atoms with E-state index in [9.17, 15) is 13.3 Å². The second-order valence-corrected chi connectivity index (χ2v) is 6.43. The molecular formula is C6H12O6PS+. The molecule has 0 bridgehead atoms. The first kappa shape index (κ1) is 12.0. The highest BCUT2D eigenvalue weighted by molar-refractivity contribution is 7.94. The SMILES string of the molecule is C=CS(=O)(=O)CC1CO[P+](O)(OC)O1. The summed E-state index contributed by atoms with van der Waals surface area (Å²) >= 11 is 0. The first-order valence-corrected chi connectivity index (χ1v) is 6.97. The lowest BCUT2D eigenvalue weighted by Gasteiger charge is -2.05. The molecule has 1 aliphatic rings. The van der Waals surface area contributed by atoms with Crippen molar-refractivity contribution < 1.29 is 26.9 Å². The van der Waals surface area contributed by atoms with Gasteiger partial charge in [-0.3, -0.25) is 0 Å². The Labute approximate surface area is 83.1 Å². The summed E-state index contributed by atoms with van der Waals surface area (Å²) in [4.78, 5) is 9.36. The van der Waals surface area contributed by atoms with Gasteiger partial charge in [0, 0.05) is 5.41 Å². The van der Waals surface area contributed by atoms with Crippen LogP contribution in [0.2, 0.25) is 0 Å². The standard InChI is InChI=1S/C6H12O6PS/c1-3-14(8,9)5-6-4-11-13(7,10-2)12-6/h3,6-7H,1,4-5H2,2H3/q+1. The van der Waals surface area contributed by atoms with Gasteiger partial charge < -0.3 is 0 Å². The summed E-state index contributed by atoms with van der Waals surface area (Å²) in [7, 11) is -5.37. The Morgan fingerprint density at radius 1 is 1.79 bits per heavy atom. The predicted molar refractivity (Wildman–Crippen MR) is 51.0 cm³/mol. The third-order valence-electron chi connectivity index (χ3n) is 1.61. The van der Waals surface area contributed by atoms with E-state index in [0.717, 1.165) is 5.41 Å². The molecule has 0 aliphatic carbocycles. The van der Waals surface area contributed by atoms with E-state index in [0.29, 0.717) is 0 Å². The van der Waals surface area contributed by atoms with Gasteiger partial charge in [-0.1, -0.05) is 6.58 Å². The van der Waals surface area contributed by atoms with Gasteiger partial charge in [0.25, 0.3) is 0 Å². The quantitative estimate of drug-likeness (QED) is 0.714. The van der Waals surface area contributed by atoms with Gasteiger partial charge in [0.05, 0.1) is 12.9 Å². The van der Waals surface area contributed by atoms with Crippen molar-refractivity contribution >= 4 is 18.0 Å². The van der Waals surface area contributed by atoms with E-state index < -0.39 is 24.1 Å². The molecular weight excluding hydrogens is 231 g/mol. The minimum absolute atomic E-state index is 0.00515. The monoisotopic (exact) mass is 243 g/mol. The van der Waals surface area contributed by atoms with Crippen molar-refractivity contribution in [3.05, 3.63) is 12.0 Å². The lowest BCUT2D eigenvalue weighted by molar-refractivity contribution is 0.172. The van der Waals surface area contributed by atoms with Gasteiger partial charge in [-0.25, -0.2) is 8.42 Å². The first-order chi connectivity index (χ1) is 6.41. The lowest BCUT2D eigenvalue weighted by Crippen LogP contribution is -2.21. The molecule has 8 heteroatoms. The number of sulfone groups is 1. The maximum Gasteiger partial charge on any atom is 0.572 e. The van der Waals surface area contributed by atoms with Crippen LogP contribution in [0.15, 0.2) is 12.0 Å². The van der Waals surface area contributed by atoms with Gasteiger partial charge in [0.15, 0.2) is 15.9 Å². The van der Waals surface area contributed by atoms with Crippen molar-refractivity contribution in [1.29, 1.82) is 0 Å². The van der Waals surface area contributed by atoms with Crippen molar-refractivity contribution in [2.24, 2.45) is 0 Å². The summed E-state index contributed by atoms with van der Waals surface area (Å²) in [6, 6.07) is 0. The molecule has 0 amide bonds. The second-order valence-electron chi connectivity index (χ2n) is 2.67. The summed E-state index contributed by atoms with van der Waals surface area (Å²) in [5.74, 6) is -0.262. The summed E-state index contributed by atoms with van der Waals surface area (Å²) < 4.78 is 36.5. The Morgan fingerprint density at radius 2 is 2.43 bits per heavy atom. The van der Waals surface area contributed by atoms with E-state index in [2.05, 4.69) is 11.1 Å². The van der Waals surface area contributed by atoms with Crippen LogP contribution in [-0.2, 0) is 23.4 Å². The van der Waals surface area contributed by atoms with Crippen molar-refractivity contribution in [3.8, 4) is 0 Å². The third-order valence-corrected chi connectivity index (χ3v) is 4.45. The lowest BCUT2D eigenvalue weighted by atomic mass is 10.4. The van der Waals surface area contributed by atoms with E-state index >= 15 is 0 Å². The summed E-state index contributed by atoms with van der Waals surface area (Å²) in [5, 5.41) is 0.846. The van der Waals surface area contributed by atoms with Crippen molar-refractivity contribution in [2.75, 3.05) is 19.5 Å². The maximum atomic E-state index is 11.1. The molecule has 1 fully saturated rings. The normalized spacial score (nSPS) is 33.1. The predicted octanol–water partition coefficient (Wildman–Crippen LogP) is 0.276. The van der Waals surface area contributed by atoms with Gasteiger partial charge in [0.2, 0.25) is 0 Å². The van der Waals surface area contributed by atoms with Crippen molar-refractivity contribution in [3.63, 3.8) is 0 Å². The maximum absolute atomic E-state index is 11.1. The van der Waals surface area contributed by atoms with Crippen molar-refractivity contribution in [1.82, 2.24) is 0 Å². The zero-order chi connectivity index (χ0) is 10.8. The first-order valence-electron chi connectivity index (χ1n) is 3.76. The highest BCUT2D eigenvalue weighted by Crippen LogP contribution is 2.62. The Balaban J connectivity index is 2.56. The Kier molecular flexibility index (Phi) is 3.63. The minimum atomic E-state index is -3.35. The molecule has 0 aromatic rings. The van der Waals surface area contributed by atoms with Gasteiger partial charge in [-0.05, 0) is 0 Å². The van der Waals surface area contributed by atoms with Gasteiger partial charge in [-0.2, -0.15) is 13.9 Å².